The molecule has 2 nitrogen and oxygen atoms in total. The van der Waals surface area contributed by atoms with Crippen molar-refractivity contribution >= 4 is 9.39 Å². The van der Waals surface area contributed by atoms with Gasteiger partial charge in [-0.2, -0.15) is 5.26 Å². The highest BCUT2D eigenvalue weighted by molar-refractivity contribution is 7.13. The molecule has 1 aliphatic heterocycles. The van der Waals surface area contributed by atoms with Crippen LogP contribution in [0.15, 0.2) is 18.2 Å². The van der Waals surface area contributed by atoms with Crippen LogP contribution in [0.2, 0.25) is 0 Å². The van der Waals surface area contributed by atoms with Crippen molar-refractivity contribution in [1.82, 2.24) is 4.67 Å². The third-order valence-electron chi connectivity index (χ3n) is 2.42. The van der Waals surface area contributed by atoms with Crippen LogP contribution in [-0.2, 0) is 13.0 Å². The van der Waals surface area contributed by atoms with Gasteiger partial charge in [-0.05, 0) is 23.6 Å². The Bertz CT molecular complexity index is 368. The van der Waals surface area contributed by atoms with Crippen molar-refractivity contribution in [2.75, 3.05) is 6.54 Å². The highest BCUT2D eigenvalue weighted by Gasteiger charge is 2.15. The van der Waals surface area contributed by atoms with Gasteiger partial charge in [0.25, 0.3) is 0 Å². The van der Waals surface area contributed by atoms with E-state index in [0.717, 1.165) is 25.1 Å². The van der Waals surface area contributed by atoms with Gasteiger partial charge in [-0.25, -0.2) is 0 Å². The third-order valence-corrected chi connectivity index (χ3v) is 2.86. The van der Waals surface area contributed by atoms with Gasteiger partial charge in [0.2, 0.25) is 0 Å². The van der Waals surface area contributed by atoms with E-state index in [9.17, 15) is 0 Å². The number of nitrogens with zero attached hydrogens (tertiary/aromatic N) is 2. The topological polar surface area (TPSA) is 27.0 Å². The second kappa shape index (κ2) is 3.46. The van der Waals surface area contributed by atoms with Gasteiger partial charge in [-0.15, -0.1) is 0 Å². The Balaban J connectivity index is 2.48. The zero-order chi connectivity index (χ0) is 9.26. The van der Waals surface area contributed by atoms with Gasteiger partial charge in [-0.3, -0.25) is 4.67 Å². The first-order valence-corrected chi connectivity index (χ1v) is 4.83. The van der Waals surface area contributed by atoms with E-state index < -0.39 is 0 Å². The van der Waals surface area contributed by atoms with E-state index in [2.05, 4.69) is 26.2 Å². The molecule has 0 saturated heterocycles. The lowest BCUT2D eigenvalue weighted by atomic mass is 9.97. The Morgan fingerprint density at radius 3 is 3.08 bits per heavy atom. The number of benzene rings is 1. The predicted octanol–water partition coefficient (Wildman–Crippen LogP) is 1.71. The lowest BCUT2D eigenvalue weighted by Crippen LogP contribution is -2.22. The normalized spacial score (nSPS) is 16.3. The van der Waals surface area contributed by atoms with Gasteiger partial charge in [0.05, 0.1) is 11.6 Å². The van der Waals surface area contributed by atoms with Crippen LogP contribution in [0.25, 0.3) is 0 Å². The minimum atomic E-state index is 0.824. The largest absolute Gasteiger partial charge is 0.283 e. The van der Waals surface area contributed by atoms with E-state index in [-0.39, 0.29) is 0 Å². The maximum atomic E-state index is 8.90. The average Bonchev–Trinajstić information content (AvgIpc) is 2.17. The Morgan fingerprint density at radius 2 is 2.31 bits per heavy atom. The highest BCUT2D eigenvalue weighted by atomic mass is 31.0. The molecule has 0 fully saturated rings. The van der Waals surface area contributed by atoms with E-state index in [1.54, 1.807) is 0 Å². The molecular weight excluding hydrogens is 179 g/mol. The van der Waals surface area contributed by atoms with Crippen molar-refractivity contribution in [3.63, 3.8) is 0 Å². The first-order valence-electron chi connectivity index (χ1n) is 4.32. The Labute approximate surface area is 80.4 Å². The van der Waals surface area contributed by atoms with Gasteiger partial charge < -0.3 is 0 Å². The van der Waals surface area contributed by atoms with Crippen molar-refractivity contribution < 1.29 is 0 Å². The van der Waals surface area contributed by atoms with Crippen LogP contribution >= 0.6 is 9.39 Å². The van der Waals surface area contributed by atoms with E-state index in [1.807, 2.05) is 12.1 Å². The smallest absolute Gasteiger partial charge is 0.0995 e. The summed E-state index contributed by atoms with van der Waals surface area (Å²) in [5.74, 6) is 0. The third kappa shape index (κ3) is 1.58. The first-order chi connectivity index (χ1) is 6.31. The van der Waals surface area contributed by atoms with Crippen LogP contribution in [0.4, 0.5) is 0 Å². The van der Waals surface area contributed by atoms with Crippen LogP contribution in [0.3, 0.4) is 0 Å². The number of hydrogen-bond acceptors (Lipinski definition) is 2. The Hall–Kier alpha value is -0.900. The van der Waals surface area contributed by atoms with Gasteiger partial charge >= 0.3 is 0 Å². The minimum Gasteiger partial charge on any atom is -0.283 e. The number of fused-ring (bicyclic) bond motifs is 1. The number of hydrogen-bond donors (Lipinski definition) is 0. The van der Waals surface area contributed by atoms with Gasteiger partial charge in [0.15, 0.2) is 0 Å². The summed E-state index contributed by atoms with van der Waals surface area (Å²) in [6.07, 6.45) is 1.05. The fourth-order valence-corrected chi connectivity index (χ4v) is 2.02. The molecule has 13 heavy (non-hydrogen) atoms. The van der Waals surface area contributed by atoms with Crippen LogP contribution in [0, 0.1) is 11.3 Å². The molecule has 0 amide bonds. The fraction of sp³-hybridized carbons (Fsp3) is 0.300. The van der Waals surface area contributed by atoms with Crippen LogP contribution in [0.1, 0.15) is 16.7 Å². The van der Waals surface area contributed by atoms with Crippen LogP contribution in [-0.4, -0.2) is 11.2 Å². The van der Waals surface area contributed by atoms with Crippen molar-refractivity contribution in [3.8, 4) is 6.07 Å². The molecule has 0 spiro atoms. The molecule has 1 atom stereocenters. The van der Waals surface area contributed by atoms with Crippen LogP contribution in [0.5, 0.6) is 0 Å². The first kappa shape index (κ1) is 8.69. The average molecular weight is 190 g/mol. The summed E-state index contributed by atoms with van der Waals surface area (Å²) >= 11 is 0. The van der Waals surface area contributed by atoms with Gasteiger partial charge in [0, 0.05) is 13.1 Å². The van der Waals surface area contributed by atoms with Gasteiger partial charge in [-0.1, -0.05) is 21.5 Å². The fourth-order valence-electron chi connectivity index (χ4n) is 1.71. The summed E-state index contributed by atoms with van der Waals surface area (Å²) in [6.45, 7) is 1.94. The molecule has 0 N–H and O–H groups in total. The maximum Gasteiger partial charge on any atom is 0.0995 e. The summed E-state index contributed by atoms with van der Waals surface area (Å²) in [4.78, 5) is 0. The zero-order valence-electron chi connectivity index (χ0n) is 7.33. The summed E-state index contributed by atoms with van der Waals surface area (Å²) < 4.78 is 2.17. The lowest BCUT2D eigenvalue weighted by Gasteiger charge is -2.25. The molecule has 0 aliphatic carbocycles. The highest BCUT2D eigenvalue weighted by Crippen LogP contribution is 2.23. The summed E-state index contributed by atoms with van der Waals surface area (Å²) in [7, 11) is 2.69. The number of nitriles is 1. The molecule has 1 aromatic rings. The molecule has 0 saturated carbocycles. The minimum absolute atomic E-state index is 0.824. The van der Waals surface area contributed by atoms with Gasteiger partial charge in [0.1, 0.15) is 0 Å². The second-order valence-corrected chi connectivity index (χ2v) is 4.01. The summed E-state index contributed by atoms with van der Waals surface area (Å²) in [6, 6.07) is 8.22. The summed E-state index contributed by atoms with van der Waals surface area (Å²) in [5.41, 5.74) is 3.36. The number of rotatable bonds is 0. The molecule has 1 aliphatic rings. The van der Waals surface area contributed by atoms with Crippen molar-refractivity contribution in [3.05, 3.63) is 34.9 Å². The van der Waals surface area contributed by atoms with Crippen molar-refractivity contribution in [1.29, 1.82) is 5.26 Å². The van der Waals surface area contributed by atoms with E-state index >= 15 is 0 Å². The zero-order valence-corrected chi connectivity index (χ0v) is 8.48. The van der Waals surface area contributed by atoms with Crippen molar-refractivity contribution in [2.24, 2.45) is 0 Å². The SMILES string of the molecule is N#Cc1cccc2c1CN(P)CC2. The Morgan fingerprint density at radius 1 is 1.46 bits per heavy atom. The van der Waals surface area contributed by atoms with E-state index in [0.29, 0.717) is 0 Å². The molecule has 66 valence electrons. The monoisotopic (exact) mass is 190 g/mol. The predicted molar refractivity (Wildman–Crippen MR) is 55.0 cm³/mol. The molecular formula is C10H11N2P. The molecule has 0 radical (unpaired) electrons. The molecule has 0 bridgehead atoms. The lowest BCUT2D eigenvalue weighted by molar-refractivity contribution is 0.442. The molecule has 1 aromatic carbocycles. The van der Waals surface area contributed by atoms with Crippen LogP contribution < -0.4 is 0 Å². The second-order valence-electron chi connectivity index (χ2n) is 3.28. The molecule has 3 heteroatoms. The Kier molecular flexibility index (Phi) is 2.31. The van der Waals surface area contributed by atoms with E-state index in [1.165, 1.54) is 11.1 Å². The molecule has 0 aromatic heterocycles. The van der Waals surface area contributed by atoms with E-state index in [4.69, 9.17) is 5.26 Å². The molecule has 1 unspecified atom stereocenters. The maximum absolute atomic E-state index is 8.90. The van der Waals surface area contributed by atoms with Crippen molar-refractivity contribution in [2.45, 2.75) is 13.0 Å². The summed E-state index contributed by atoms with van der Waals surface area (Å²) in [5, 5.41) is 8.90. The molecule has 2 rings (SSSR count). The molecule has 1 heterocycles. The standard InChI is InChI=1S/C10H11N2P/c11-6-9-3-1-2-8-4-5-12(13)7-10(8)9/h1-3H,4-5,7,13H2. The quantitative estimate of drug-likeness (QED) is 0.582.